The molecule has 0 saturated heterocycles. The van der Waals surface area contributed by atoms with Crippen molar-refractivity contribution < 1.29 is 4.79 Å². The van der Waals surface area contributed by atoms with Crippen LogP contribution in [0.3, 0.4) is 0 Å². The highest BCUT2D eigenvalue weighted by Crippen LogP contribution is 2.25. The third-order valence-electron chi connectivity index (χ3n) is 3.21. The Hall–Kier alpha value is -1.07. The van der Waals surface area contributed by atoms with E-state index in [1.807, 2.05) is 30.3 Å². The molecular formula is C15H16Cl2N2OS. The summed E-state index contributed by atoms with van der Waals surface area (Å²) in [7, 11) is 1.92. The van der Waals surface area contributed by atoms with E-state index in [-0.39, 0.29) is 11.9 Å². The molecule has 3 nitrogen and oxygen atoms in total. The minimum atomic E-state index is -0.276. The maximum Gasteiger partial charge on any atom is 0.241 e. The van der Waals surface area contributed by atoms with Crippen molar-refractivity contribution in [2.75, 3.05) is 12.4 Å². The molecule has 0 spiro atoms. The topological polar surface area (TPSA) is 32.3 Å². The van der Waals surface area contributed by atoms with Crippen molar-refractivity contribution in [1.29, 1.82) is 0 Å². The van der Waals surface area contributed by atoms with Crippen LogP contribution in [-0.4, -0.2) is 23.9 Å². The Kier molecular flexibility index (Phi) is 5.65. The van der Waals surface area contributed by atoms with Crippen LogP contribution >= 0.6 is 34.5 Å². The molecule has 1 N–H and O–H groups in total. The number of nitrogens with zero attached hydrogens (tertiary/aromatic N) is 1. The molecule has 1 atom stereocenters. The number of hydrogen-bond acceptors (Lipinski definition) is 3. The Labute approximate surface area is 138 Å². The molecule has 0 aliphatic carbocycles. The second-order valence-corrected chi connectivity index (χ2v) is 6.66. The van der Waals surface area contributed by atoms with Gasteiger partial charge in [-0.25, -0.2) is 0 Å². The summed E-state index contributed by atoms with van der Waals surface area (Å²) in [6.45, 7) is 2.59. The van der Waals surface area contributed by atoms with E-state index in [9.17, 15) is 4.79 Å². The molecule has 0 unspecified atom stereocenters. The van der Waals surface area contributed by atoms with Gasteiger partial charge in [-0.2, -0.15) is 0 Å². The van der Waals surface area contributed by atoms with Gasteiger partial charge in [-0.3, -0.25) is 9.69 Å². The fourth-order valence-electron chi connectivity index (χ4n) is 1.82. The van der Waals surface area contributed by atoms with E-state index in [4.69, 9.17) is 23.2 Å². The number of carbonyl (C=O) groups excluding carboxylic acids is 1. The molecule has 2 aromatic rings. The monoisotopic (exact) mass is 342 g/mol. The Balaban J connectivity index is 2.00. The summed E-state index contributed by atoms with van der Waals surface area (Å²) in [5.74, 6) is -0.113. The lowest BCUT2D eigenvalue weighted by molar-refractivity contribution is -0.120. The molecule has 21 heavy (non-hydrogen) atoms. The Morgan fingerprint density at radius 3 is 2.81 bits per heavy atom. The van der Waals surface area contributed by atoms with E-state index in [1.165, 1.54) is 4.88 Å². The molecule has 1 aromatic heterocycles. The van der Waals surface area contributed by atoms with E-state index >= 15 is 0 Å². The van der Waals surface area contributed by atoms with Crippen LogP contribution < -0.4 is 5.32 Å². The Bertz CT molecular complexity index is 616. The minimum Gasteiger partial charge on any atom is -0.323 e. The molecule has 1 heterocycles. The number of carbonyl (C=O) groups is 1. The molecule has 0 aliphatic rings. The molecule has 0 fully saturated rings. The number of thiophene rings is 1. The van der Waals surface area contributed by atoms with Gasteiger partial charge in [-0.15, -0.1) is 11.3 Å². The fourth-order valence-corrected chi connectivity index (χ4v) is 2.92. The standard InChI is InChI=1S/C15H16Cl2N2OS/c1-10(19(2)9-12-4-3-7-21-12)15(20)18-14-8-11(16)5-6-13(14)17/h3-8,10H,9H2,1-2H3,(H,18,20)/t10-/m0/s1. The van der Waals surface area contributed by atoms with Crippen LogP contribution in [0.1, 0.15) is 11.8 Å². The summed E-state index contributed by atoms with van der Waals surface area (Å²) in [6, 6.07) is 8.78. The average Bonchev–Trinajstić information content (AvgIpc) is 2.94. The van der Waals surface area contributed by atoms with Gasteiger partial charge in [0.15, 0.2) is 0 Å². The van der Waals surface area contributed by atoms with Crippen molar-refractivity contribution in [3.05, 3.63) is 50.6 Å². The third kappa shape index (κ3) is 4.45. The molecule has 2 rings (SSSR count). The van der Waals surface area contributed by atoms with Gasteiger partial charge in [0.2, 0.25) is 5.91 Å². The zero-order valence-electron chi connectivity index (χ0n) is 11.8. The number of benzene rings is 1. The molecular weight excluding hydrogens is 327 g/mol. The van der Waals surface area contributed by atoms with Crippen molar-refractivity contribution in [3.63, 3.8) is 0 Å². The van der Waals surface area contributed by atoms with E-state index in [0.29, 0.717) is 15.7 Å². The van der Waals surface area contributed by atoms with Crippen LogP contribution in [0.4, 0.5) is 5.69 Å². The maximum absolute atomic E-state index is 12.3. The fraction of sp³-hybridized carbons (Fsp3) is 0.267. The lowest BCUT2D eigenvalue weighted by Crippen LogP contribution is -2.39. The number of rotatable bonds is 5. The largest absolute Gasteiger partial charge is 0.323 e. The highest BCUT2D eigenvalue weighted by Gasteiger charge is 2.19. The van der Waals surface area contributed by atoms with Crippen molar-refractivity contribution >= 4 is 46.1 Å². The van der Waals surface area contributed by atoms with Crippen molar-refractivity contribution in [1.82, 2.24) is 4.90 Å². The molecule has 0 radical (unpaired) electrons. The molecule has 112 valence electrons. The lowest BCUT2D eigenvalue weighted by Gasteiger charge is -2.23. The van der Waals surface area contributed by atoms with E-state index in [2.05, 4.69) is 11.4 Å². The van der Waals surface area contributed by atoms with E-state index in [1.54, 1.807) is 29.5 Å². The second-order valence-electron chi connectivity index (χ2n) is 4.78. The summed E-state index contributed by atoms with van der Waals surface area (Å²) in [6.07, 6.45) is 0. The van der Waals surface area contributed by atoms with Gasteiger partial charge in [-0.1, -0.05) is 29.3 Å². The molecule has 0 bridgehead atoms. The average molecular weight is 343 g/mol. The van der Waals surface area contributed by atoms with Gasteiger partial charge in [-0.05, 0) is 43.6 Å². The van der Waals surface area contributed by atoms with Gasteiger partial charge in [0.1, 0.15) is 0 Å². The zero-order valence-corrected chi connectivity index (χ0v) is 14.1. The van der Waals surface area contributed by atoms with Crippen molar-refractivity contribution in [2.45, 2.75) is 19.5 Å². The van der Waals surface area contributed by atoms with Crippen molar-refractivity contribution in [2.24, 2.45) is 0 Å². The van der Waals surface area contributed by atoms with Gasteiger partial charge in [0, 0.05) is 16.4 Å². The van der Waals surface area contributed by atoms with E-state index in [0.717, 1.165) is 6.54 Å². The number of anilines is 1. The number of amides is 1. The number of nitrogens with one attached hydrogen (secondary N) is 1. The predicted molar refractivity (Wildman–Crippen MR) is 90.3 cm³/mol. The molecule has 0 saturated carbocycles. The molecule has 0 aliphatic heterocycles. The maximum atomic E-state index is 12.3. The summed E-state index contributed by atoms with van der Waals surface area (Å²) < 4.78 is 0. The first kappa shape index (κ1) is 16.3. The number of halogens is 2. The minimum absolute atomic E-state index is 0.113. The normalized spacial score (nSPS) is 12.4. The van der Waals surface area contributed by atoms with Gasteiger partial charge >= 0.3 is 0 Å². The zero-order chi connectivity index (χ0) is 15.4. The van der Waals surface area contributed by atoms with Gasteiger partial charge < -0.3 is 5.32 Å². The third-order valence-corrected chi connectivity index (χ3v) is 4.64. The first-order valence-electron chi connectivity index (χ1n) is 6.46. The summed E-state index contributed by atoms with van der Waals surface area (Å²) in [4.78, 5) is 15.5. The molecule has 1 aromatic carbocycles. The van der Waals surface area contributed by atoms with Gasteiger partial charge in [0.05, 0.1) is 16.8 Å². The van der Waals surface area contributed by atoms with Crippen LogP contribution in [0.5, 0.6) is 0 Å². The van der Waals surface area contributed by atoms with Crippen molar-refractivity contribution in [3.8, 4) is 0 Å². The Morgan fingerprint density at radius 1 is 1.38 bits per heavy atom. The summed E-state index contributed by atoms with van der Waals surface area (Å²) >= 11 is 13.6. The SMILES string of the molecule is C[C@@H](C(=O)Nc1cc(Cl)ccc1Cl)N(C)Cc1cccs1. The van der Waals surface area contributed by atoms with Gasteiger partial charge in [0.25, 0.3) is 0 Å². The van der Waals surface area contributed by atoms with Crippen LogP contribution in [0, 0.1) is 0 Å². The first-order valence-corrected chi connectivity index (χ1v) is 8.09. The van der Waals surface area contributed by atoms with E-state index < -0.39 is 0 Å². The quantitative estimate of drug-likeness (QED) is 0.866. The molecule has 1 amide bonds. The smallest absolute Gasteiger partial charge is 0.241 e. The summed E-state index contributed by atoms with van der Waals surface area (Å²) in [5.41, 5.74) is 0.533. The molecule has 6 heteroatoms. The number of likely N-dealkylation sites (N-methyl/N-ethyl adjacent to an activating group) is 1. The number of hydrogen-bond donors (Lipinski definition) is 1. The summed E-state index contributed by atoms with van der Waals surface area (Å²) in [5, 5.41) is 5.85. The second kappa shape index (κ2) is 7.27. The first-order chi connectivity index (χ1) is 9.97. The lowest BCUT2D eigenvalue weighted by atomic mass is 10.2. The van der Waals surface area contributed by atoms with Crippen LogP contribution in [-0.2, 0) is 11.3 Å². The van der Waals surface area contributed by atoms with Crippen LogP contribution in [0.15, 0.2) is 35.7 Å². The van der Waals surface area contributed by atoms with Crippen LogP contribution in [0.25, 0.3) is 0 Å². The van der Waals surface area contributed by atoms with Crippen LogP contribution in [0.2, 0.25) is 10.0 Å². The highest BCUT2D eigenvalue weighted by atomic mass is 35.5. The Morgan fingerprint density at radius 2 is 2.14 bits per heavy atom. The highest BCUT2D eigenvalue weighted by molar-refractivity contribution is 7.09. The predicted octanol–water partition coefficient (Wildman–Crippen LogP) is 4.51.